The monoisotopic (exact) mass is 270 g/mol. The van der Waals surface area contributed by atoms with Crippen molar-refractivity contribution >= 4 is 12.0 Å². The standard InChI is InChI=1S/C14H26N2O3/c1-4-11(9(2)3)15-14(19)16-12-8-6-5-7-10(12)13(17)18/h9-12H,4-8H2,1-3H3,(H,17,18)(H2,15,16,19). The van der Waals surface area contributed by atoms with Gasteiger partial charge in [-0.3, -0.25) is 4.79 Å². The van der Waals surface area contributed by atoms with Crippen LogP contribution in [0.25, 0.3) is 0 Å². The van der Waals surface area contributed by atoms with Crippen LogP contribution in [0.1, 0.15) is 52.9 Å². The second-order valence-electron chi connectivity index (χ2n) is 5.71. The zero-order chi connectivity index (χ0) is 14.4. The number of amides is 2. The van der Waals surface area contributed by atoms with Crippen molar-refractivity contribution in [3.05, 3.63) is 0 Å². The summed E-state index contributed by atoms with van der Waals surface area (Å²) in [6, 6.07) is -0.346. The summed E-state index contributed by atoms with van der Waals surface area (Å²) < 4.78 is 0. The van der Waals surface area contributed by atoms with Gasteiger partial charge in [0.1, 0.15) is 0 Å². The number of carboxylic acid groups (broad SMARTS) is 1. The largest absolute Gasteiger partial charge is 0.481 e. The first kappa shape index (κ1) is 15.8. The summed E-state index contributed by atoms with van der Waals surface area (Å²) in [7, 11) is 0. The highest BCUT2D eigenvalue weighted by Gasteiger charge is 2.32. The van der Waals surface area contributed by atoms with Gasteiger partial charge in [-0.2, -0.15) is 0 Å². The van der Waals surface area contributed by atoms with Crippen LogP contribution < -0.4 is 10.6 Å². The van der Waals surface area contributed by atoms with Gasteiger partial charge in [0.2, 0.25) is 0 Å². The van der Waals surface area contributed by atoms with Crippen molar-refractivity contribution in [3.63, 3.8) is 0 Å². The molecular formula is C14H26N2O3. The van der Waals surface area contributed by atoms with E-state index in [-0.39, 0.29) is 18.1 Å². The van der Waals surface area contributed by atoms with Crippen LogP contribution in [0.2, 0.25) is 0 Å². The molecule has 0 bridgehead atoms. The Balaban J connectivity index is 2.52. The van der Waals surface area contributed by atoms with E-state index in [0.29, 0.717) is 12.3 Å². The average molecular weight is 270 g/mol. The van der Waals surface area contributed by atoms with Crippen molar-refractivity contribution in [3.8, 4) is 0 Å². The highest BCUT2D eigenvalue weighted by molar-refractivity contribution is 5.77. The first-order valence-electron chi connectivity index (χ1n) is 7.25. The predicted molar refractivity (Wildman–Crippen MR) is 74.0 cm³/mol. The average Bonchev–Trinajstić information content (AvgIpc) is 2.35. The Hall–Kier alpha value is -1.26. The summed E-state index contributed by atoms with van der Waals surface area (Å²) in [5.74, 6) is -0.878. The van der Waals surface area contributed by atoms with Gasteiger partial charge < -0.3 is 15.7 Å². The third-order valence-electron chi connectivity index (χ3n) is 3.96. The van der Waals surface area contributed by atoms with Crippen LogP contribution in [-0.2, 0) is 4.79 Å². The molecule has 0 saturated heterocycles. The zero-order valence-electron chi connectivity index (χ0n) is 12.1. The smallest absolute Gasteiger partial charge is 0.315 e. The Morgan fingerprint density at radius 1 is 1.26 bits per heavy atom. The van der Waals surface area contributed by atoms with Crippen LogP contribution >= 0.6 is 0 Å². The molecule has 5 heteroatoms. The third-order valence-corrected chi connectivity index (χ3v) is 3.96. The molecule has 0 aliphatic heterocycles. The predicted octanol–water partition coefficient (Wildman–Crippen LogP) is 2.36. The highest BCUT2D eigenvalue weighted by Crippen LogP contribution is 2.24. The van der Waals surface area contributed by atoms with Crippen LogP contribution in [0.15, 0.2) is 0 Å². The molecule has 1 aliphatic carbocycles. The molecule has 2 amide bonds. The van der Waals surface area contributed by atoms with Gasteiger partial charge in [0.25, 0.3) is 0 Å². The molecule has 5 nitrogen and oxygen atoms in total. The van der Waals surface area contributed by atoms with Gasteiger partial charge in [0.05, 0.1) is 5.92 Å². The Labute approximate surface area is 115 Å². The Morgan fingerprint density at radius 3 is 2.42 bits per heavy atom. The second-order valence-corrected chi connectivity index (χ2v) is 5.71. The molecule has 1 fully saturated rings. The molecule has 110 valence electrons. The highest BCUT2D eigenvalue weighted by atomic mass is 16.4. The van der Waals surface area contributed by atoms with Gasteiger partial charge in [-0.1, -0.05) is 33.6 Å². The van der Waals surface area contributed by atoms with E-state index in [1.54, 1.807) is 0 Å². The topological polar surface area (TPSA) is 78.4 Å². The number of aliphatic carboxylic acids is 1. The Bertz CT molecular complexity index is 318. The minimum Gasteiger partial charge on any atom is -0.481 e. The van der Waals surface area contributed by atoms with Crippen LogP contribution in [0.3, 0.4) is 0 Å². The van der Waals surface area contributed by atoms with E-state index in [0.717, 1.165) is 25.7 Å². The van der Waals surface area contributed by atoms with Gasteiger partial charge in [-0.05, 0) is 25.2 Å². The molecule has 3 N–H and O–H groups in total. The number of carbonyl (C=O) groups is 2. The van der Waals surface area contributed by atoms with Crippen molar-refractivity contribution in [1.29, 1.82) is 0 Å². The van der Waals surface area contributed by atoms with Crippen LogP contribution in [-0.4, -0.2) is 29.2 Å². The SMILES string of the molecule is CCC(NC(=O)NC1CCCCC1C(=O)O)C(C)C. The number of carbonyl (C=O) groups excluding carboxylic acids is 1. The summed E-state index contributed by atoms with van der Waals surface area (Å²) in [6.07, 6.45) is 4.19. The van der Waals surface area contributed by atoms with Crippen LogP contribution in [0, 0.1) is 11.8 Å². The van der Waals surface area contributed by atoms with Crippen molar-refractivity contribution in [2.45, 2.75) is 65.0 Å². The molecular weight excluding hydrogens is 244 g/mol. The van der Waals surface area contributed by atoms with E-state index in [2.05, 4.69) is 24.5 Å². The van der Waals surface area contributed by atoms with Gasteiger partial charge in [0.15, 0.2) is 0 Å². The summed E-state index contributed by atoms with van der Waals surface area (Å²) >= 11 is 0. The van der Waals surface area contributed by atoms with E-state index in [1.165, 1.54) is 0 Å². The van der Waals surface area contributed by atoms with Crippen molar-refractivity contribution in [2.24, 2.45) is 11.8 Å². The van der Waals surface area contributed by atoms with Crippen molar-refractivity contribution in [2.75, 3.05) is 0 Å². The summed E-state index contributed by atoms with van der Waals surface area (Å²) in [6.45, 7) is 6.16. The maximum Gasteiger partial charge on any atom is 0.315 e. The number of hydrogen-bond donors (Lipinski definition) is 3. The number of rotatable bonds is 5. The molecule has 1 aliphatic rings. The lowest BCUT2D eigenvalue weighted by Gasteiger charge is -2.30. The maximum atomic E-state index is 11.9. The zero-order valence-corrected chi connectivity index (χ0v) is 12.1. The molecule has 3 atom stereocenters. The molecule has 1 rings (SSSR count). The lowest BCUT2D eigenvalue weighted by Crippen LogP contribution is -2.51. The fourth-order valence-electron chi connectivity index (χ4n) is 2.72. The van der Waals surface area contributed by atoms with Crippen molar-refractivity contribution in [1.82, 2.24) is 10.6 Å². The van der Waals surface area contributed by atoms with E-state index < -0.39 is 11.9 Å². The van der Waals surface area contributed by atoms with Gasteiger partial charge in [-0.25, -0.2) is 4.79 Å². The minimum atomic E-state index is -0.805. The fraction of sp³-hybridized carbons (Fsp3) is 0.857. The van der Waals surface area contributed by atoms with E-state index in [9.17, 15) is 9.59 Å². The minimum absolute atomic E-state index is 0.131. The van der Waals surface area contributed by atoms with Crippen LogP contribution in [0.4, 0.5) is 4.79 Å². The Kier molecular flexibility index (Phi) is 6.12. The molecule has 0 radical (unpaired) electrons. The van der Waals surface area contributed by atoms with Crippen molar-refractivity contribution < 1.29 is 14.7 Å². The van der Waals surface area contributed by atoms with E-state index >= 15 is 0 Å². The number of hydrogen-bond acceptors (Lipinski definition) is 2. The summed E-state index contributed by atoms with van der Waals surface area (Å²) in [4.78, 5) is 23.1. The third kappa shape index (κ3) is 4.73. The fourth-order valence-corrected chi connectivity index (χ4v) is 2.72. The molecule has 0 heterocycles. The molecule has 0 aromatic rings. The quantitative estimate of drug-likeness (QED) is 0.717. The summed E-state index contributed by atoms with van der Waals surface area (Å²) in [5, 5.41) is 14.9. The normalized spacial score (nSPS) is 24.8. The second kappa shape index (κ2) is 7.36. The number of nitrogens with one attached hydrogen (secondary N) is 2. The lowest BCUT2D eigenvalue weighted by molar-refractivity contribution is -0.143. The molecule has 1 saturated carbocycles. The summed E-state index contributed by atoms with van der Waals surface area (Å²) in [5.41, 5.74) is 0. The van der Waals surface area contributed by atoms with E-state index in [1.807, 2.05) is 6.92 Å². The molecule has 19 heavy (non-hydrogen) atoms. The number of carboxylic acids is 1. The maximum absolute atomic E-state index is 11.9. The Morgan fingerprint density at radius 2 is 1.89 bits per heavy atom. The molecule has 3 unspecified atom stereocenters. The molecule has 0 aromatic carbocycles. The lowest BCUT2D eigenvalue weighted by atomic mass is 9.84. The van der Waals surface area contributed by atoms with E-state index in [4.69, 9.17) is 5.11 Å². The molecule has 0 spiro atoms. The van der Waals surface area contributed by atoms with Gasteiger partial charge >= 0.3 is 12.0 Å². The number of urea groups is 1. The van der Waals surface area contributed by atoms with Gasteiger partial charge in [-0.15, -0.1) is 0 Å². The van der Waals surface area contributed by atoms with Crippen LogP contribution in [0.5, 0.6) is 0 Å². The first-order valence-corrected chi connectivity index (χ1v) is 7.25. The van der Waals surface area contributed by atoms with Gasteiger partial charge in [0, 0.05) is 12.1 Å². The molecule has 0 aromatic heterocycles. The first-order chi connectivity index (χ1) is 8.95.